The fourth-order valence-electron chi connectivity index (χ4n) is 1.63. The molecule has 0 heterocycles. The van der Waals surface area contributed by atoms with Crippen LogP contribution in [-0.2, 0) is 0 Å². The summed E-state index contributed by atoms with van der Waals surface area (Å²) in [5.74, 6) is -2.07. The van der Waals surface area contributed by atoms with Crippen LogP contribution in [0, 0.1) is 5.82 Å². The Balaban J connectivity index is 2.77. The van der Waals surface area contributed by atoms with E-state index in [1.807, 2.05) is 0 Å². The first-order valence-corrected chi connectivity index (χ1v) is 6.16. The van der Waals surface area contributed by atoms with Crippen LogP contribution in [0.4, 0.5) is 14.9 Å². The molecule has 1 rings (SSSR count). The van der Waals surface area contributed by atoms with Crippen LogP contribution >= 0.6 is 0 Å². The maximum absolute atomic E-state index is 13.6. The number of urea groups is 1. The number of aromatic carboxylic acids is 1. The number of carbonyl (C=O) groups excluding carboxylic acids is 1. The largest absolute Gasteiger partial charge is 0.478 e. The molecule has 0 aliphatic carbocycles. The average Bonchev–Trinajstić information content (AvgIpc) is 2.40. The lowest BCUT2D eigenvalue weighted by atomic mass is 10.1. The zero-order chi connectivity index (χ0) is 15.1. The minimum atomic E-state index is -1.29. The van der Waals surface area contributed by atoms with Crippen molar-refractivity contribution in [3.63, 3.8) is 0 Å². The molecule has 0 atom stereocenters. The van der Waals surface area contributed by atoms with Gasteiger partial charge in [-0.1, -0.05) is 6.07 Å². The Morgan fingerprint density at radius 2 is 2.10 bits per heavy atom. The summed E-state index contributed by atoms with van der Waals surface area (Å²) in [6.07, 6.45) is 0.740. The van der Waals surface area contributed by atoms with Gasteiger partial charge in [-0.05, 0) is 32.1 Å². The van der Waals surface area contributed by atoms with E-state index >= 15 is 0 Å². The van der Waals surface area contributed by atoms with Gasteiger partial charge in [-0.25, -0.2) is 14.0 Å². The molecule has 0 saturated carbocycles. The van der Waals surface area contributed by atoms with Crippen LogP contribution in [0.1, 0.15) is 16.8 Å². The maximum Gasteiger partial charge on any atom is 0.337 e. The Morgan fingerprint density at radius 1 is 1.40 bits per heavy atom. The van der Waals surface area contributed by atoms with Crippen molar-refractivity contribution in [2.45, 2.75) is 6.42 Å². The number of anilines is 1. The van der Waals surface area contributed by atoms with E-state index in [2.05, 4.69) is 10.6 Å². The van der Waals surface area contributed by atoms with Crippen molar-refractivity contribution in [2.75, 3.05) is 32.5 Å². The SMILES string of the molecule is CNCCCN(C)C(=O)Nc1c(F)cccc1C(=O)O. The second kappa shape index (κ2) is 7.44. The van der Waals surface area contributed by atoms with Crippen molar-refractivity contribution in [3.05, 3.63) is 29.6 Å². The van der Waals surface area contributed by atoms with Crippen molar-refractivity contribution in [1.82, 2.24) is 10.2 Å². The third-order valence-corrected chi connectivity index (χ3v) is 2.74. The number of carboxylic acids is 1. The summed E-state index contributed by atoms with van der Waals surface area (Å²) in [6.45, 7) is 1.22. The Labute approximate surface area is 116 Å². The van der Waals surface area contributed by atoms with Crippen molar-refractivity contribution < 1.29 is 19.1 Å². The second-order valence-electron chi connectivity index (χ2n) is 4.28. The summed E-state index contributed by atoms with van der Waals surface area (Å²) in [5.41, 5.74) is -0.590. The molecule has 1 aromatic carbocycles. The molecule has 0 saturated heterocycles. The normalized spacial score (nSPS) is 10.2. The Hall–Kier alpha value is -2.15. The number of nitrogens with one attached hydrogen (secondary N) is 2. The first-order valence-electron chi connectivity index (χ1n) is 6.16. The molecule has 0 spiro atoms. The van der Waals surface area contributed by atoms with E-state index in [-0.39, 0.29) is 11.3 Å². The van der Waals surface area contributed by atoms with Crippen LogP contribution in [0.25, 0.3) is 0 Å². The molecular formula is C13H18FN3O3. The van der Waals surface area contributed by atoms with E-state index in [4.69, 9.17) is 5.11 Å². The molecule has 110 valence electrons. The topological polar surface area (TPSA) is 81.7 Å². The molecule has 0 radical (unpaired) electrons. The summed E-state index contributed by atoms with van der Waals surface area (Å²) >= 11 is 0. The van der Waals surface area contributed by atoms with Gasteiger partial charge in [-0.15, -0.1) is 0 Å². The lowest BCUT2D eigenvalue weighted by Gasteiger charge is -2.18. The lowest BCUT2D eigenvalue weighted by Crippen LogP contribution is -2.34. The molecule has 1 aromatic rings. The van der Waals surface area contributed by atoms with E-state index in [1.165, 1.54) is 17.0 Å². The van der Waals surface area contributed by atoms with E-state index < -0.39 is 17.8 Å². The molecule has 2 amide bonds. The Kier molecular flexibility index (Phi) is 5.92. The van der Waals surface area contributed by atoms with Gasteiger partial charge in [0.1, 0.15) is 5.82 Å². The van der Waals surface area contributed by atoms with E-state index in [0.717, 1.165) is 19.0 Å². The number of para-hydroxylation sites is 1. The number of benzene rings is 1. The standard InChI is InChI=1S/C13H18FN3O3/c1-15-7-4-8-17(2)13(20)16-11-9(12(18)19)5-3-6-10(11)14/h3,5-6,15H,4,7-8H2,1-2H3,(H,16,20)(H,18,19). The molecule has 0 aliphatic heterocycles. The highest BCUT2D eigenvalue weighted by molar-refractivity contribution is 6.00. The van der Waals surface area contributed by atoms with Crippen LogP contribution in [-0.4, -0.2) is 49.2 Å². The van der Waals surface area contributed by atoms with E-state index in [1.54, 1.807) is 14.1 Å². The quantitative estimate of drug-likeness (QED) is 0.693. The smallest absolute Gasteiger partial charge is 0.337 e. The van der Waals surface area contributed by atoms with Gasteiger partial charge in [0.15, 0.2) is 0 Å². The first kappa shape index (κ1) is 15.9. The minimum absolute atomic E-state index is 0.276. The molecular weight excluding hydrogens is 265 g/mol. The van der Waals surface area contributed by atoms with Crippen molar-refractivity contribution in [3.8, 4) is 0 Å². The van der Waals surface area contributed by atoms with Crippen molar-refractivity contribution in [2.24, 2.45) is 0 Å². The zero-order valence-electron chi connectivity index (χ0n) is 11.4. The molecule has 0 bridgehead atoms. The summed E-state index contributed by atoms with van der Waals surface area (Å²) in [6, 6.07) is 3.07. The molecule has 6 nitrogen and oxygen atoms in total. The van der Waals surface area contributed by atoms with Crippen LogP contribution in [0.2, 0.25) is 0 Å². The first-order chi connectivity index (χ1) is 9.47. The van der Waals surface area contributed by atoms with Crippen LogP contribution in [0.3, 0.4) is 0 Å². The minimum Gasteiger partial charge on any atom is -0.478 e. The third-order valence-electron chi connectivity index (χ3n) is 2.74. The molecule has 20 heavy (non-hydrogen) atoms. The highest BCUT2D eigenvalue weighted by Crippen LogP contribution is 2.20. The predicted molar refractivity (Wildman–Crippen MR) is 73.6 cm³/mol. The number of amides is 2. The molecule has 7 heteroatoms. The Bertz CT molecular complexity index is 494. The number of hydrogen-bond acceptors (Lipinski definition) is 3. The Morgan fingerprint density at radius 3 is 2.70 bits per heavy atom. The number of halogens is 1. The van der Waals surface area contributed by atoms with Gasteiger partial charge in [0.25, 0.3) is 0 Å². The van der Waals surface area contributed by atoms with Gasteiger partial charge >= 0.3 is 12.0 Å². The third kappa shape index (κ3) is 4.20. The van der Waals surface area contributed by atoms with Crippen molar-refractivity contribution >= 4 is 17.7 Å². The van der Waals surface area contributed by atoms with Gasteiger partial charge in [0.2, 0.25) is 0 Å². The fraction of sp³-hybridized carbons (Fsp3) is 0.385. The monoisotopic (exact) mass is 283 g/mol. The summed E-state index contributed by atoms with van der Waals surface area (Å²) in [4.78, 5) is 24.2. The maximum atomic E-state index is 13.6. The van der Waals surface area contributed by atoms with Crippen molar-refractivity contribution in [1.29, 1.82) is 0 Å². The summed E-state index contributed by atoms with van der Waals surface area (Å²) in [7, 11) is 3.37. The number of carboxylic acid groups (broad SMARTS) is 1. The molecule has 3 N–H and O–H groups in total. The number of nitrogens with zero attached hydrogens (tertiary/aromatic N) is 1. The number of carbonyl (C=O) groups is 2. The van der Waals surface area contributed by atoms with Gasteiger partial charge in [0.05, 0.1) is 11.3 Å². The lowest BCUT2D eigenvalue weighted by molar-refractivity contribution is 0.0697. The van der Waals surface area contributed by atoms with E-state index in [0.29, 0.717) is 6.54 Å². The number of rotatable bonds is 6. The summed E-state index contributed by atoms with van der Waals surface area (Å²) in [5, 5.41) is 14.2. The van der Waals surface area contributed by atoms with Gasteiger partial charge < -0.3 is 20.6 Å². The molecule has 0 aliphatic rings. The molecule has 0 unspecified atom stereocenters. The highest BCUT2D eigenvalue weighted by atomic mass is 19.1. The number of hydrogen-bond donors (Lipinski definition) is 3. The van der Waals surface area contributed by atoms with Crippen LogP contribution in [0.15, 0.2) is 18.2 Å². The second-order valence-corrected chi connectivity index (χ2v) is 4.28. The van der Waals surface area contributed by atoms with Crippen LogP contribution < -0.4 is 10.6 Å². The van der Waals surface area contributed by atoms with E-state index in [9.17, 15) is 14.0 Å². The van der Waals surface area contributed by atoms with Gasteiger partial charge in [0, 0.05) is 13.6 Å². The highest BCUT2D eigenvalue weighted by Gasteiger charge is 2.18. The molecule has 0 aromatic heterocycles. The zero-order valence-corrected chi connectivity index (χ0v) is 11.4. The fourth-order valence-corrected chi connectivity index (χ4v) is 1.63. The molecule has 0 fully saturated rings. The van der Waals surface area contributed by atoms with Gasteiger partial charge in [-0.2, -0.15) is 0 Å². The average molecular weight is 283 g/mol. The summed E-state index contributed by atoms with van der Waals surface area (Å²) < 4.78 is 13.6. The van der Waals surface area contributed by atoms with Gasteiger partial charge in [-0.3, -0.25) is 0 Å². The predicted octanol–water partition coefficient (Wildman–Crippen LogP) is 1.60. The van der Waals surface area contributed by atoms with Crippen LogP contribution in [0.5, 0.6) is 0 Å².